The highest BCUT2D eigenvalue weighted by atomic mass is 32.1. The van der Waals surface area contributed by atoms with Gasteiger partial charge in [0, 0.05) is 5.56 Å². The van der Waals surface area contributed by atoms with Gasteiger partial charge in [-0.3, -0.25) is 4.79 Å². The number of carbonyl (C=O) groups excluding carboxylic acids is 1. The third-order valence-corrected chi connectivity index (χ3v) is 4.41. The number of primary amides is 1. The Bertz CT molecular complexity index is 666. The number of para-hydroxylation sites is 1. The van der Waals surface area contributed by atoms with Crippen LogP contribution in [0.1, 0.15) is 9.67 Å². The molecule has 3 rings (SSSR count). The summed E-state index contributed by atoms with van der Waals surface area (Å²) in [5.74, 6) is -0.394. The maximum absolute atomic E-state index is 11.3. The summed E-state index contributed by atoms with van der Waals surface area (Å²) in [6.45, 7) is 0. The Morgan fingerprint density at radius 2 is 2.06 bits per heavy atom. The number of thiophene rings is 1. The van der Waals surface area contributed by atoms with E-state index in [2.05, 4.69) is 4.98 Å². The molecule has 0 atom stereocenters. The number of thiazole rings is 1. The van der Waals surface area contributed by atoms with Crippen LogP contribution in [0, 0.1) is 0 Å². The van der Waals surface area contributed by atoms with Gasteiger partial charge in [0.2, 0.25) is 0 Å². The first-order chi connectivity index (χ1) is 8.25. The van der Waals surface area contributed by atoms with E-state index in [0.717, 1.165) is 20.8 Å². The van der Waals surface area contributed by atoms with Crippen LogP contribution in [0.25, 0.3) is 20.8 Å². The van der Waals surface area contributed by atoms with E-state index >= 15 is 0 Å². The van der Waals surface area contributed by atoms with Gasteiger partial charge in [-0.2, -0.15) is 0 Å². The number of aromatic nitrogens is 1. The molecule has 0 aliphatic heterocycles. The normalized spacial score (nSPS) is 10.8. The quantitative estimate of drug-likeness (QED) is 0.769. The first-order valence-electron chi connectivity index (χ1n) is 4.99. The Balaban J connectivity index is 2.20. The average molecular weight is 260 g/mol. The van der Waals surface area contributed by atoms with Crippen LogP contribution in [0.15, 0.2) is 35.7 Å². The van der Waals surface area contributed by atoms with Crippen molar-refractivity contribution < 1.29 is 4.79 Å². The number of fused-ring (bicyclic) bond motifs is 1. The van der Waals surface area contributed by atoms with Crippen molar-refractivity contribution in [2.75, 3.05) is 0 Å². The summed E-state index contributed by atoms with van der Waals surface area (Å²) in [6.07, 6.45) is 0. The van der Waals surface area contributed by atoms with E-state index in [-0.39, 0.29) is 0 Å². The fraction of sp³-hybridized carbons (Fsp3) is 0. The minimum absolute atomic E-state index is 0.394. The van der Waals surface area contributed by atoms with Crippen LogP contribution in [0.4, 0.5) is 0 Å². The van der Waals surface area contributed by atoms with E-state index in [1.54, 1.807) is 11.3 Å². The molecule has 0 saturated heterocycles. The van der Waals surface area contributed by atoms with Gasteiger partial charge in [-0.05, 0) is 23.6 Å². The van der Waals surface area contributed by atoms with Crippen molar-refractivity contribution in [1.29, 1.82) is 0 Å². The number of nitrogens with zero attached hydrogens (tertiary/aromatic N) is 1. The van der Waals surface area contributed by atoms with Crippen molar-refractivity contribution in [3.63, 3.8) is 0 Å². The lowest BCUT2D eigenvalue weighted by molar-refractivity contribution is 0.100. The number of rotatable bonds is 2. The van der Waals surface area contributed by atoms with Gasteiger partial charge in [0.1, 0.15) is 9.88 Å². The number of benzene rings is 1. The molecule has 0 saturated carbocycles. The van der Waals surface area contributed by atoms with Crippen LogP contribution in [0.2, 0.25) is 0 Å². The van der Waals surface area contributed by atoms with Crippen molar-refractivity contribution in [3.05, 3.63) is 40.6 Å². The van der Waals surface area contributed by atoms with Crippen LogP contribution in [-0.4, -0.2) is 10.9 Å². The molecule has 2 aromatic heterocycles. The van der Waals surface area contributed by atoms with Crippen LogP contribution in [0.5, 0.6) is 0 Å². The summed E-state index contributed by atoms with van der Waals surface area (Å²) in [5, 5.41) is 2.71. The molecule has 3 aromatic rings. The first-order valence-corrected chi connectivity index (χ1v) is 6.68. The first kappa shape index (κ1) is 10.4. The third-order valence-electron chi connectivity index (χ3n) is 2.41. The molecule has 0 spiro atoms. The Kier molecular flexibility index (Phi) is 2.42. The highest BCUT2D eigenvalue weighted by Gasteiger charge is 2.14. The van der Waals surface area contributed by atoms with E-state index in [0.29, 0.717) is 4.88 Å². The predicted octanol–water partition coefficient (Wildman–Crippen LogP) is 3.12. The minimum Gasteiger partial charge on any atom is -0.365 e. The largest absolute Gasteiger partial charge is 0.365 e. The summed E-state index contributed by atoms with van der Waals surface area (Å²) in [7, 11) is 0. The third kappa shape index (κ3) is 1.73. The summed E-state index contributed by atoms with van der Waals surface area (Å²) in [4.78, 5) is 16.4. The molecular formula is C12H8N2OS2. The van der Waals surface area contributed by atoms with Gasteiger partial charge in [-0.1, -0.05) is 12.1 Å². The zero-order valence-electron chi connectivity index (χ0n) is 8.71. The van der Waals surface area contributed by atoms with Crippen LogP contribution in [0.3, 0.4) is 0 Å². The molecular weight excluding hydrogens is 252 g/mol. The van der Waals surface area contributed by atoms with Gasteiger partial charge in [0.05, 0.1) is 10.2 Å². The van der Waals surface area contributed by atoms with Crippen LogP contribution >= 0.6 is 22.7 Å². The zero-order chi connectivity index (χ0) is 11.8. The summed E-state index contributed by atoms with van der Waals surface area (Å²) in [6, 6.07) is 9.81. The molecule has 2 N–H and O–H groups in total. The summed E-state index contributed by atoms with van der Waals surface area (Å²) < 4.78 is 1.11. The van der Waals surface area contributed by atoms with Gasteiger partial charge in [0.15, 0.2) is 0 Å². The fourth-order valence-corrected chi connectivity index (χ4v) is 3.47. The molecule has 5 heteroatoms. The smallest absolute Gasteiger partial charge is 0.259 e. The van der Waals surface area contributed by atoms with Crippen molar-refractivity contribution in [2.24, 2.45) is 5.73 Å². The Hall–Kier alpha value is -1.72. The monoisotopic (exact) mass is 260 g/mol. The molecule has 0 aliphatic carbocycles. The fourth-order valence-electron chi connectivity index (χ4n) is 1.66. The second-order valence-electron chi connectivity index (χ2n) is 3.51. The van der Waals surface area contributed by atoms with Gasteiger partial charge >= 0.3 is 0 Å². The van der Waals surface area contributed by atoms with Gasteiger partial charge in [-0.25, -0.2) is 4.98 Å². The number of hydrogen-bond donors (Lipinski definition) is 1. The van der Waals surface area contributed by atoms with Crippen molar-refractivity contribution in [2.45, 2.75) is 0 Å². The average Bonchev–Trinajstić information content (AvgIpc) is 2.95. The van der Waals surface area contributed by atoms with Gasteiger partial charge in [-0.15, -0.1) is 22.7 Å². The standard InChI is InChI=1S/C12H8N2OS2/c13-11(15)10-7(5-6-16-10)12-14-8-3-1-2-4-9(8)17-12/h1-6H,(H2,13,15). The lowest BCUT2D eigenvalue weighted by Gasteiger charge is -1.94. The molecule has 3 nitrogen and oxygen atoms in total. The second-order valence-corrected chi connectivity index (χ2v) is 5.46. The number of nitrogens with two attached hydrogens (primary N) is 1. The zero-order valence-corrected chi connectivity index (χ0v) is 10.3. The van der Waals surface area contributed by atoms with E-state index in [9.17, 15) is 4.79 Å². The Morgan fingerprint density at radius 3 is 2.82 bits per heavy atom. The molecule has 1 amide bonds. The number of carbonyl (C=O) groups is 1. The highest BCUT2D eigenvalue weighted by Crippen LogP contribution is 2.34. The maximum atomic E-state index is 11.3. The molecule has 2 heterocycles. The lowest BCUT2D eigenvalue weighted by Crippen LogP contribution is -2.09. The van der Waals surface area contributed by atoms with E-state index in [4.69, 9.17) is 5.73 Å². The van der Waals surface area contributed by atoms with Crippen molar-refractivity contribution >= 4 is 38.8 Å². The van der Waals surface area contributed by atoms with Crippen molar-refractivity contribution in [3.8, 4) is 10.6 Å². The second kappa shape index (κ2) is 3.94. The Labute approximate surface area is 106 Å². The maximum Gasteiger partial charge on any atom is 0.259 e. The highest BCUT2D eigenvalue weighted by molar-refractivity contribution is 7.22. The SMILES string of the molecule is NC(=O)c1sccc1-c1nc2ccccc2s1. The molecule has 17 heavy (non-hydrogen) atoms. The predicted molar refractivity (Wildman–Crippen MR) is 71.5 cm³/mol. The molecule has 0 aliphatic rings. The van der Waals surface area contributed by atoms with E-state index in [1.165, 1.54) is 11.3 Å². The summed E-state index contributed by atoms with van der Waals surface area (Å²) in [5.41, 5.74) is 7.13. The lowest BCUT2D eigenvalue weighted by atomic mass is 10.2. The molecule has 0 radical (unpaired) electrons. The van der Waals surface area contributed by atoms with Gasteiger partial charge in [0.25, 0.3) is 5.91 Å². The van der Waals surface area contributed by atoms with E-state index in [1.807, 2.05) is 35.7 Å². The molecule has 1 aromatic carbocycles. The summed E-state index contributed by atoms with van der Waals surface area (Å²) >= 11 is 2.93. The molecule has 0 bridgehead atoms. The number of hydrogen-bond acceptors (Lipinski definition) is 4. The van der Waals surface area contributed by atoms with E-state index < -0.39 is 5.91 Å². The minimum atomic E-state index is -0.394. The number of amides is 1. The topological polar surface area (TPSA) is 56.0 Å². The van der Waals surface area contributed by atoms with Gasteiger partial charge < -0.3 is 5.73 Å². The Morgan fingerprint density at radius 1 is 1.24 bits per heavy atom. The molecule has 84 valence electrons. The van der Waals surface area contributed by atoms with Crippen LogP contribution in [-0.2, 0) is 0 Å². The van der Waals surface area contributed by atoms with Crippen molar-refractivity contribution in [1.82, 2.24) is 4.98 Å². The van der Waals surface area contributed by atoms with Crippen LogP contribution < -0.4 is 5.73 Å². The molecule has 0 unspecified atom stereocenters. The molecule has 0 fully saturated rings.